The van der Waals surface area contributed by atoms with Gasteiger partial charge in [0, 0.05) is 18.8 Å². The summed E-state index contributed by atoms with van der Waals surface area (Å²) in [4.78, 5) is 23.7. The smallest absolute Gasteiger partial charge is 0.241 e. The third-order valence-corrected chi connectivity index (χ3v) is 3.54. The third-order valence-electron chi connectivity index (χ3n) is 3.54. The van der Waals surface area contributed by atoms with Crippen LogP contribution in [0.2, 0.25) is 0 Å². The van der Waals surface area contributed by atoms with Gasteiger partial charge in [-0.05, 0) is 18.8 Å². The van der Waals surface area contributed by atoms with Crippen LogP contribution in [-0.4, -0.2) is 34.2 Å². The van der Waals surface area contributed by atoms with Crippen LogP contribution in [0.5, 0.6) is 0 Å². The highest BCUT2D eigenvalue weighted by Gasteiger charge is 2.23. The Hall–Kier alpha value is -1.89. The Balaban J connectivity index is 1.87. The van der Waals surface area contributed by atoms with E-state index in [1.807, 2.05) is 13.8 Å². The standard InChI is InChI=1S/C14H23N5O2/c1-9(2)12(5-15)14(21)18-11-6-16-19(7-11)8-13(20)17-10-3-4-10/h6-7,9-10,12H,3-5,8,15H2,1-2H3,(H,17,20)(H,18,21). The first-order chi connectivity index (χ1) is 9.99. The van der Waals surface area contributed by atoms with Crippen molar-refractivity contribution >= 4 is 17.5 Å². The summed E-state index contributed by atoms with van der Waals surface area (Å²) in [6.45, 7) is 4.39. The quantitative estimate of drug-likeness (QED) is 0.674. The summed E-state index contributed by atoms with van der Waals surface area (Å²) in [5.74, 6) is -0.226. The predicted octanol–water partition coefficient (Wildman–Crippen LogP) is 0.331. The first-order valence-corrected chi connectivity index (χ1v) is 7.32. The number of rotatable bonds is 7. The summed E-state index contributed by atoms with van der Waals surface area (Å²) in [5, 5.41) is 9.75. The molecule has 1 aromatic heterocycles. The largest absolute Gasteiger partial charge is 0.352 e. The van der Waals surface area contributed by atoms with Crippen LogP contribution in [0.4, 0.5) is 5.69 Å². The second-order valence-corrected chi connectivity index (χ2v) is 5.84. The maximum atomic E-state index is 12.1. The van der Waals surface area contributed by atoms with Crippen molar-refractivity contribution in [2.45, 2.75) is 39.3 Å². The van der Waals surface area contributed by atoms with E-state index in [9.17, 15) is 9.59 Å². The average molecular weight is 293 g/mol. The number of nitrogens with one attached hydrogen (secondary N) is 2. The van der Waals surface area contributed by atoms with E-state index in [1.54, 1.807) is 6.20 Å². The van der Waals surface area contributed by atoms with Crippen molar-refractivity contribution in [2.75, 3.05) is 11.9 Å². The Morgan fingerprint density at radius 2 is 2.19 bits per heavy atom. The van der Waals surface area contributed by atoms with Gasteiger partial charge in [0.25, 0.3) is 0 Å². The molecule has 0 aliphatic heterocycles. The fourth-order valence-electron chi connectivity index (χ4n) is 2.08. The van der Waals surface area contributed by atoms with Crippen LogP contribution in [0.15, 0.2) is 12.4 Å². The number of nitrogens with two attached hydrogens (primary N) is 1. The highest BCUT2D eigenvalue weighted by Crippen LogP contribution is 2.18. The normalized spacial score (nSPS) is 15.8. The van der Waals surface area contributed by atoms with Gasteiger partial charge in [0.05, 0.1) is 17.8 Å². The Bertz CT molecular complexity index is 507. The number of nitrogens with zero attached hydrogens (tertiary/aromatic N) is 2. The predicted molar refractivity (Wildman–Crippen MR) is 79.4 cm³/mol. The van der Waals surface area contributed by atoms with E-state index in [-0.39, 0.29) is 30.2 Å². The lowest BCUT2D eigenvalue weighted by Gasteiger charge is -2.17. The lowest BCUT2D eigenvalue weighted by molar-refractivity contribution is -0.122. The van der Waals surface area contributed by atoms with Crippen LogP contribution < -0.4 is 16.4 Å². The molecule has 21 heavy (non-hydrogen) atoms. The molecule has 1 aromatic rings. The number of amides is 2. The summed E-state index contributed by atoms with van der Waals surface area (Å²) in [7, 11) is 0. The summed E-state index contributed by atoms with van der Waals surface area (Å²) >= 11 is 0. The van der Waals surface area contributed by atoms with E-state index in [0.717, 1.165) is 12.8 Å². The summed E-state index contributed by atoms with van der Waals surface area (Å²) in [5.41, 5.74) is 6.20. The number of carbonyl (C=O) groups is 2. The molecule has 0 saturated heterocycles. The van der Waals surface area contributed by atoms with Crippen LogP contribution in [0.25, 0.3) is 0 Å². The molecule has 7 heteroatoms. The van der Waals surface area contributed by atoms with Gasteiger partial charge in [-0.2, -0.15) is 5.10 Å². The fourth-order valence-corrected chi connectivity index (χ4v) is 2.08. The van der Waals surface area contributed by atoms with Crippen molar-refractivity contribution in [2.24, 2.45) is 17.6 Å². The van der Waals surface area contributed by atoms with Gasteiger partial charge in [-0.15, -0.1) is 0 Å². The zero-order valence-corrected chi connectivity index (χ0v) is 12.5. The SMILES string of the molecule is CC(C)C(CN)C(=O)Nc1cnn(CC(=O)NC2CC2)c1. The lowest BCUT2D eigenvalue weighted by atomic mass is 9.95. The molecule has 1 unspecified atom stereocenters. The first-order valence-electron chi connectivity index (χ1n) is 7.32. The molecule has 1 fully saturated rings. The molecule has 1 aliphatic rings. The molecule has 2 amide bonds. The van der Waals surface area contributed by atoms with Crippen molar-refractivity contribution in [3.8, 4) is 0 Å². The first kappa shape index (κ1) is 15.5. The molecule has 7 nitrogen and oxygen atoms in total. The number of anilines is 1. The number of hydrogen-bond donors (Lipinski definition) is 3. The van der Waals surface area contributed by atoms with Crippen LogP contribution in [0, 0.1) is 11.8 Å². The van der Waals surface area contributed by atoms with Gasteiger partial charge in [0.1, 0.15) is 6.54 Å². The highest BCUT2D eigenvalue weighted by atomic mass is 16.2. The summed E-state index contributed by atoms with van der Waals surface area (Å²) in [6.07, 6.45) is 5.30. The molecular formula is C14H23N5O2. The second-order valence-electron chi connectivity index (χ2n) is 5.84. The molecule has 4 N–H and O–H groups in total. The number of aromatic nitrogens is 2. The van der Waals surface area contributed by atoms with Gasteiger partial charge in [-0.3, -0.25) is 14.3 Å². The van der Waals surface area contributed by atoms with Crippen molar-refractivity contribution in [1.29, 1.82) is 0 Å². The van der Waals surface area contributed by atoms with Gasteiger partial charge in [-0.25, -0.2) is 0 Å². The zero-order chi connectivity index (χ0) is 15.4. The molecular weight excluding hydrogens is 270 g/mol. The van der Waals surface area contributed by atoms with E-state index < -0.39 is 0 Å². The highest BCUT2D eigenvalue weighted by molar-refractivity contribution is 5.92. The van der Waals surface area contributed by atoms with E-state index in [4.69, 9.17) is 5.73 Å². The minimum absolute atomic E-state index is 0.0551. The van der Waals surface area contributed by atoms with Crippen molar-refractivity contribution in [3.63, 3.8) is 0 Å². The molecule has 116 valence electrons. The van der Waals surface area contributed by atoms with Gasteiger partial charge in [0.15, 0.2) is 0 Å². The zero-order valence-electron chi connectivity index (χ0n) is 12.5. The third kappa shape index (κ3) is 4.56. The van der Waals surface area contributed by atoms with E-state index in [2.05, 4.69) is 15.7 Å². The van der Waals surface area contributed by atoms with Crippen LogP contribution in [0.3, 0.4) is 0 Å². The lowest BCUT2D eigenvalue weighted by Crippen LogP contribution is -2.33. The Kier molecular flexibility index (Phi) is 4.95. The van der Waals surface area contributed by atoms with Crippen LogP contribution in [-0.2, 0) is 16.1 Å². The Labute approximate surface area is 124 Å². The minimum Gasteiger partial charge on any atom is -0.352 e. The molecule has 0 bridgehead atoms. The van der Waals surface area contributed by atoms with Gasteiger partial charge < -0.3 is 16.4 Å². The molecule has 1 saturated carbocycles. The average Bonchev–Trinajstić information content (AvgIpc) is 3.09. The molecule has 0 aromatic carbocycles. The van der Waals surface area contributed by atoms with Gasteiger partial charge in [-0.1, -0.05) is 13.8 Å². The molecule has 2 rings (SSSR count). The second kappa shape index (κ2) is 6.71. The maximum absolute atomic E-state index is 12.1. The van der Waals surface area contributed by atoms with E-state index in [1.165, 1.54) is 10.9 Å². The molecule has 0 radical (unpaired) electrons. The van der Waals surface area contributed by atoms with Crippen LogP contribution in [0.1, 0.15) is 26.7 Å². The summed E-state index contributed by atoms with van der Waals surface area (Å²) < 4.78 is 1.51. The number of hydrogen-bond acceptors (Lipinski definition) is 4. The van der Waals surface area contributed by atoms with Crippen molar-refractivity contribution < 1.29 is 9.59 Å². The molecule has 0 spiro atoms. The fraction of sp³-hybridized carbons (Fsp3) is 0.643. The molecule has 1 heterocycles. The van der Waals surface area contributed by atoms with Gasteiger partial charge >= 0.3 is 0 Å². The monoisotopic (exact) mass is 293 g/mol. The van der Waals surface area contributed by atoms with Crippen molar-refractivity contribution in [1.82, 2.24) is 15.1 Å². The van der Waals surface area contributed by atoms with E-state index >= 15 is 0 Å². The minimum atomic E-state index is -0.230. The maximum Gasteiger partial charge on any atom is 0.241 e. The topological polar surface area (TPSA) is 102 Å². The van der Waals surface area contributed by atoms with E-state index in [0.29, 0.717) is 18.3 Å². The Morgan fingerprint density at radius 3 is 2.76 bits per heavy atom. The molecule has 1 aliphatic carbocycles. The molecule has 1 atom stereocenters. The van der Waals surface area contributed by atoms with Crippen LogP contribution >= 0.6 is 0 Å². The summed E-state index contributed by atoms with van der Waals surface area (Å²) in [6, 6.07) is 0.337. The Morgan fingerprint density at radius 1 is 1.48 bits per heavy atom. The van der Waals surface area contributed by atoms with Crippen molar-refractivity contribution in [3.05, 3.63) is 12.4 Å². The number of carbonyl (C=O) groups excluding carboxylic acids is 2. The van der Waals surface area contributed by atoms with Gasteiger partial charge in [0.2, 0.25) is 11.8 Å².